The number of hydrogen-bond donors (Lipinski definition) is 0. The van der Waals surface area contributed by atoms with Gasteiger partial charge in [0.2, 0.25) is 10.0 Å². The van der Waals surface area contributed by atoms with Gasteiger partial charge in [0, 0.05) is 44.8 Å². The van der Waals surface area contributed by atoms with Crippen molar-refractivity contribution in [2.24, 2.45) is 0 Å². The van der Waals surface area contributed by atoms with E-state index in [2.05, 4.69) is 4.90 Å². The van der Waals surface area contributed by atoms with Crippen molar-refractivity contribution >= 4 is 54.2 Å². The molecule has 1 aliphatic heterocycles. The van der Waals surface area contributed by atoms with Crippen LogP contribution >= 0.6 is 22.9 Å². The molecule has 2 heterocycles. The lowest BCUT2D eigenvalue weighted by Gasteiger charge is -2.27. The van der Waals surface area contributed by atoms with Crippen molar-refractivity contribution in [1.29, 1.82) is 0 Å². The number of amides is 1. The average molecular weight is 563 g/mol. The summed E-state index contributed by atoms with van der Waals surface area (Å²) in [4.78, 5) is 22.8. The summed E-state index contributed by atoms with van der Waals surface area (Å²) in [6.07, 6.45) is 2.54. The van der Waals surface area contributed by atoms with Gasteiger partial charge in [-0.05, 0) is 62.1 Å². The number of anilines is 1. The lowest BCUT2D eigenvalue weighted by molar-refractivity contribution is 0.0376. The third-order valence-electron chi connectivity index (χ3n) is 6.96. The lowest BCUT2D eigenvalue weighted by atomic mass is 10.2. The highest BCUT2D eigenvalue weighted by atomic mass is 35.5. The number of nitrogens with zero attached hydrogens (tertiary/aromatic N) is 4. The zero-order valence-corrected chi connectivity index (χ0v) is 23.4. The largest absolute Gasteiger partial charge is 0.379 e. The zero-order valence-electron chi connectivity index (χ0n) is 21.0. The molecule has 3 aromatic rings. The van der Waals surface area contributed by atoms with Gasteiger partial charge in [0.25, 0.3) is 5.91 Å². The molecule has 1 saturated carbocycles. The molecule has 2 aliphatic rings. The normalized spacial score (nSPS) is 17.0. The Hall–Kier alpha value is -2.08. The van der Waals surface area contributed by atoms with Gasteiger partial charge in [0.15, 0.2) is 5.13 Å². The fraction of sp³-hybridized carbons (Fsp3) is 0.462. The van der Waals surface area contributed by atoms with E-state index in [9.17, 15) is 13.2 Å². The second-order valence-corrected chi connectivity index (χ2v) is 13.0. The fourth-order valence-corrected chi connectivity index (χ4v) is 7.25. The number of ether oxygens (including phenoxy) is 1. The van der Waals surface area contributed by atoms with Crippen molar-refractivity contribution < 1.29 is 17.9 Å². The van der Waals surface area contributed by atoms with E-state index in [0.29, 0.717) is 22.3 Å². The quantitative estimate of drug-likeness (QED) is 0.384. The Labute approximate surface area is 226 Å². The van der Waals surface area contributed by atoms with Crippen LogP contribution < -0.4 is 4.90 Å². The predicted octanol–water partition coefficient (Wildman–Crippen LogP) is 4.41. The number of morpholine rings is 1. The van der Waals surface area contributed by atoms with E-state index < -0.39 is 10.0 Å². The van der Waals surface area contributed by atoms with Gasteiger partial charge in [0.1, 0.15) is 0 Å². The molecule has 0 atom stereocenters. The van der Waals surface area contributed by atoms with Crippen molar-refractivity contribution in [3.05, 3.63) is 52.5 Å². The topological polar surface area (TPSA) is 83.0 Å². The molecule has 8 nitrogen and oxygen atoms in total. The Morgan fingerprint density at radius 1 is 1.16 bits per heavy atom. The minimum atomic E-state index is -3.58. The molecule has 0 radical (unpaired) electrons. The van der Waals surface area contributed by atoms with E-state index in [1.54, 1.807) is 24.1 Å². The van der Waals surface area contributed by atoms with Crippen LogP contribution in [0, 0.1) is 6.92 Å². The minimum absolute atomic E-state index is 0.0718. The molecule has 0 bridgehead atoms. The molecule has 1 saturated heterocycles. The molecule has 2 aromatic carbocycles. The van der Waals surface area contributed by atoms with Crippen LogP contribution in [0.2, 0.25) is 5.02 Å². The van der Waals surface area contributed by atoms with Crippen LogP contribution in [0.3, 0.4) is 0 Å². The average Bonchev–Trinajstić information content (AvgIpc) is 3.66. The SMILES string of the molecule is Cc1ccc(Cl)c2sc(N(CCCN3CCOCC3)C(=O)c3ccc(S(=O)(=O)N(C)C4CC4)cc3)nc12. The second-order valence-electron chi connectivity index (χ2n) is 9.58. The highest BCUT2D eigenvalue weighted by Crippen LogP contribution is 2.36. The van der Waals surface area contributed by atoms with E-state index in [4.69, 9.17) is 21.3 Å². The van der Waals surface area contributed by atoms with Gasteiger partial charge in [-0.1, -0.05) is 29.0 Å². The summed E-state index contributed by atoms with van der Waals surface area (Å²) < 4.78 is 33.5. The number of thiazole rings is 1. The fourth-order valence-electron chi connectivity index (χ4n) is 4.49. The number of carbonyl (C=O) groups excluding carboxylic acids is 1. The van der Waals surface area contributed by atoms with Crippen molar-refractivity contribution in [3.63, 3.8) is 0 Å². The number of benzene rings is 2. The maximum absolute atomic E-state index is 13.8. The highest BCUT2D eigenvalue weighted by Gasteiger charge is 2.35. The van der Waals surface area contributed by atoms with Crippen LogP contribution in [0.4, 0.5) is 5.13 Å². The molecule has 1 aliphatic carbocycles. The van der Waals surface area contributed by atoms with E-state index in [1.165, 1.54) is 27.8 Å². The van der Waals surface area contributed by atoms with Crippen LogP contribution in [-0.4, -0.2) is 81.0 Å². The first-order chi connectivity index (χ1) is 17.8. The Bertz CT molecular complexity index is 1340. The van der Waals surface area contributed by atoms with Gasteiger partial charge in [-0.25, -0.2) is 13.4 Å². The van der Waals surface area contributed by atoms with Gasteiger partial charge < -0.3 is 4.74 Å². The zero-order chi connectivity index (χ0) is 26.2. The number of hydrogen-bond acceptors (Lipinski definition) is 7. The van der Waals surface area contributed by atoms with Gasteiger partial charge in [-0.15, -0.1) is 0 Å². The van der Waals surface area contributed by atoms with Crippen LogP contribution in [0.1, 0.15) is 35.2 Å². The van der Waals surface area contributed by atoms with Crippen LogP contribution in [0.15, 0.2) is 41.3 Å². The van der Waals surface area contributed by atoms with Crippen LogP contribution in [0.5, 0.6) is 0 Å². The molecule has 11 heteroatoms. The summed E-state index contributed by atoms with van der Waals surface area (Å²) >= 11 is 7.85. The smallest absolute Gasteiger partial charge is 0.260 e. The first-order valence-electron chi connectivity index (χ1n) is 12.5. The molecule has 1 amide bonds. The van der Waals surface area contributed by atoms with E-state index in [0.717, 1.165) is 67.9 Å². The molecular formula is C26H31ClN4O4S2. The molecule has 0 N–H and O–H groups in total. The summed E-state index contributed by atoms with van der Waals surface area (Å²) in [5.74, 6) is -0.214. The molecule has 0 spiro atoms. The van der Waals surface area contributed by atoms with Gasteiger partial charge >= 0.3 is 0 Å². The van der Waals surface area contributed by atoms with Gasteiger partial charge in [-0.3, -0.25) is 14.6 Å². The van der Waals surface area contributed by atoms with Gasteiger partial charge in [-0.2, -0.15) is 4.31 Å². The highest BCUT2D eigenvalue weighted by molar-refractivity contribution is 7.89. The Balaban J connectivity index is 1.40. The predicted molar refractivity (Wildman–Crippen MR) is 147 cm³/mol. The Morgan fingerprint density at radius 2 is 1.86 bits per heavy atom. The third-order valence-corrected chi connectivity index (χ3v) is 10.4. The monoisotopic (exact) mass is 562 g/mol. The third kappa shape index (κ3) is 5.69. The van der Waals surface area contributed by atoms with E-state index >= 15 is 0 Å². The maximum atomic E-state index is 13.8. The lowest BCUT2D eigenvalue weighted by Crippen LogP contribution is -2.39. The maximum Gasteiger partial charge on any atom is 0.260 e. The molecule has 2 fully saturated rings. The summed E-state index contributed by atoms with van der Waals surface area (Å²) in [7, 11) is -1.96. The molecular weight excluding hydrogens is 532 g/mol. The number of aromatic nitrogens is 1. The van der Waals surface area contributed by atoms with Gasteiger partial charge in [0.05, 0.1) is 33.3 Å². The molecule has 198 valence electrons. The first kappa shape index (κ1) is 26.5. The van der Waals surface area contributed by atoms with E-state index in [1.807, 2.05) is 19.1 Å². The number of halogens is 1. The van der Waals surface area contributed by atoms with Crippen molar-refractivity contribution in [3.8, 4) is 0 Å². The number of fused-ring (bicyclic) bond motifs is 1. The molecule has 0 unspecified atom stereocenters. The van der Waals surface area contributed by atoms with Crippen molar-refractivity contribution in [2.75, 3.05) is 51.3 Å². The summed E-state index contributed by atoms with van der Waals surface area (Å²) in [5, 5.41) is 1.20. The Kier molecular flexibility index (Phi) is 7.86. The van der Waals surface area contributed by atoms with Crippen molar-refractivity contribution in [2.45, 2.75) is 37.1 Å². The number of rotatable bonds is 9. The summed E-state index contributed by atoms with van der Waals surface area (Å²) in [6, 6.07) is 10.1. The molecule has 1 aromatic heterocycles. The standard InChI is InChI=1S/C26H31ClN4O4S2/c1-18-4-11-22(27)24-23(18)28-26(36-24)31(13-3-12-30-14-16-35-17-15-30)25(32)19-5-9-21(10-6-19)37(33,34)29(2)20-7-8-20/h4-6,9-11,20H,3,7-8,12-17H2,1-2H3. The van der Waals surface area contributed by atoms with Crippen LogP contribution in [-0.2, 0) is 14.8 Å². The van der Waals surface area contributed by atoms with Crippen LogP contribution in [0.25, 0.3) is 10.2 Å². The first-order valence-corrected chi connectivity index (χ1v) is 15.1. The van der Waals surface area contributed by atoms with E-state index in [-0.39, 0.29) is 16.8 Å². The molecule has 5 rings (SSSR count). The summed E-state index contributed by atoms with van der Waals surface area (Å²) in [5.41, 5.74) is 2.21. The summed E-state index contributed by atoms with van der Waals surface area (Å²) in [6.45, 7) is 6.53. The second kappa shape index (κ2) is 11.0. The minimum Gasteiger partial charge on any atom is -0.379 e. The Morgan fingerprint density at radius 3 is 2.51 bits per heavy atom. The number of aryl methyl sites for hydroxylation is 1. The number of carbonyl (C=O) groups is 1. The number of sulfonamides is 1. The van der Waals surface area contributed by atoms with Crippen molar-refractivity contribution in [1.82, 2.24) is 14.2 Å². The molecule has 37 heavy (non-hydrogen) atoms.